The predicted octanol–water partition coefficient (Wildman–Crippen LogP) is 3.44. The Morgan fingerprint density at radius 2 is 1.94 bits per heavy atom. The van der Waals surface area contributed by atoms with Crippen LogP contribution in [0.15, 0.2) is 0 Å². The quantitative estimate of drug-likeness (QED) is 0.502. The van der Waals surface area contributed by atoms with Gasteiger partial charge in [0.25, 0.3) is 0 Å². The zero-order valence-corrected chi connectivity index (χ0v) is 12.2. The second-order valence-electron chi connectivity index (χ2n) is 4.69. The molecule has 0 aromatic rings. The van der Waals surface area contributed by atoms with Crippen LogP contribution in [0.4, 0.5) is 0 Å². The zero-order valence-electron chi connectivity index (χ0n) is 10.6. The van der Waals surface area contributed by atoms with E-state index in [0.29, 0.717) is 6.04 Å². The number of halogens is 1. The molecule has 0 aromatic carbocycles. The number of hydrogen-bond donors (Lipinski definition) is 0. The summed E-state index contributed by atoms with van der Waals surface area (Å²) in [5.41, 5.74) is 0. The fraction of sp³-hybridized carbons (Fsp3) is 1.00. The lowest BCUT2D eigenvalue weighted by Gasteiger charge is -2.34. The molecular formula is C13H26BrNO. The van der Waals surface area contributed by atoms with Crippen molar-refractivity contribution in [1.82, 2.24) is 4.90 Å². The first kappa shape index (κ1) is 14.5. The third-order valence-electron chi connectivity index (χ3n) is 3.33. The molecule has 1 saturated heterocycles. The fourth-order valence-electron chi connectivity index (χ4n) is 2.22. The molecule has 0 N–H and O–H groups in total. The molecule has 1 atom stereocenters. The molecule has 3 heteroatoms. The standard InChI is InChI=1S/C13H26BrNO/c1-2-3-4-5-6-7-8-15-9-10-16-12-13(15)11-14/h13H,2-12H2,1H3. The highest BCUT2D eigenvalue weighted by Crippen LogP contribution is 2.12. The minimum atomic E-state index is 0.601. The van der Waals surface area contributed by atoms with E-state index < -0.39 is 0 Å². The second-order valence-corrected chi connectivity index (χ2v) is 5.33. The average molecular weight is 292 g/mol. The summed E-state index contributed by atoms with van der Waals surface area (Å²) in [5.74, 6) is 0. The van der Waals surface area contributed by atoms with E-state index in [0.717, 1.165) is 25.1 Å². The summed E-state index contributed by atoms with van der Waals surface area (Å²) in [4.78, 5) is 2.58. The van der Waals surface area contributed by atoms with E-state index in [1.165, 1.54) is 45.1 Å². The third kappa shape index (κ3) is 5.65. The van der Waals surface area contributed by atoms with Gasteiger partial charge in [0.2, 0.25) is 0 Å². The van der Waals surface area contributed by atoms with Crippen LogP contribution in [-0.2, 0) is 4.74 Å². The van der Waals surface area contributed by atoms with Gasteiger partial charge in [-0.3, -0.25) is 4.90 Å². The van der Waals surface area contributed by atoms with Crippen molar-refractivity contribution in [3.8, 4) is 0 Å². The lowest BCUT2D eigenvalue weighted by Crippen LogP contribution is -2.46. The van der Waals surface area contributed by atoms with E-state index in [4.69, 9.17) is 4.74 Å². The smallest absolute Gasteiger partial charge is 0.0630 e. The van der Waals surface area contributed by atoms with Gasteiger partial charge in [0.1, 0.15) is 0 Å². The van der Waals surface area contributed by atoms with Gasteiger partial charge in [-0.2, -0.15) is 0 Å². The Balaban J connectivity index is 2.02. The molecule has 0 amide bonds. The van der Waals surface area contributed by atoms with Crippen molar-refractivity contribution < 1.29 is 4.74 Å². The highest BCUT2D eigenvalue weighted by molar-refractivity contribution is 9.09. The van der Waals surface area contributed by atoms with Gasteiger partial charge >= 0.3 is 0 Å². The Morgan fingerprint density at radius 1 is 1.19 bits per heavy atom. The minimum absolute atomic E-state index is 0.601. The number of rotatable bonds is 8. The van der Waals surface area contributed by atoms with Crippen LogP contribution in [0.5, 0.6) is 0 Å². The highest BCUT2D eigenvalue weighted by atomic mass is 79.9. The molecule has 96 valence electrons. The number of morpholine rings is 1. The molecule has 0 radical (unpaired) electrons. The van der Waals surface area contributed by atoms with Crippen molar-refractivity contribution in [2.45, 2.75) is 51.5 Å². The first-order chi connectivity index (χ1) is 7.88. The summed E-state index contributed by atoms with van der Waals surface area (Å²) in [7, 11) is 0. The lowest BCUT2D eigenvalue weighted by atomic mass is 10.1. The monoisotopic (exact) mass is 291 g/mol. The number of alkyl halides is 1. The van der Waals surface area contributed by atoms with E-state index in [2.05, 4.69) is 27.8 Å². The summed E-state index contributed by atoms with van der Waals surface area (Å²) in [5, 5.41) is 1.04. The molecule has 0 spiro atoms. The first-order valence-electron chi connectivity index (χ1n) is 6.76. The topological polar surface area (TPSA) is 12.5 Å². The number of hydrogen-bond acceptors (Lipinski definition) is 2. The van der Waals surface area contributed by atoms with Crippen molar-refractivity contribution in [3.05, 3.63) is 0 Å². The van der Waals surface area contributed by atoms with Crippen molar-refractivity contribution in [2.24, 2.45) is 0 Å². The Kier molecular flexibility index (Phi) is 8.52. The average Bonchev–Trinajstić information content (AvgIpc) is 2.34. The van der Waals surface area contributed by atoms with Crippen LogP contribution in [0.25, 0.3) is 0 Å². The molecule has 1 fully saturated rings. The van der Waals surface area contributed by atoms with Crippen LogP contribution in [0.1, 0.15) is 45.4 Å². The largest absolute Gasteiger partial charge is 0.378 e. The van der Waals surface area contributed by atoms with Gasteiger partial charge in [-0.1, -0.05) is 55.0 Å². The van der Waals surface area contributed by atoms with Gasteiger partial charge < -0.3 is 4.74 Å². The zero-order chi connectivity index (χ0) is 11.6. The first-order valence-corrected chi connectivity index (χ1v) is 7.88. The molecule has 0 bridgehead atoms. The maximum atomic E-state index is 5.49. The fourth-order valence-corrected chi connectivity index (χ4v) is 2.82. The van der Waals surface area contributed by atoms with Crippen molar-refractivity contribution in [3.63, 3.8) is 0 Å². The molecule has 1 aliphatic heterocycles. The molecular weight excluding hydrogens is 266 g/mol. The Bertz CT molecular complexity index is 166. The van der Waals surface area contributed by atoms with E-state index in [9.17, 15) is 0 Å². The van der Waals surface area contributed by atoms with E-state index in [1.807, 2.05) is 0 Å². The van der Waals surface area contributed by atoms with Crippen molar-refractivity contribution >= 4 is 15.9 Å². The summed E-state index contributed by atoms with van der Waals surface area (Å²) >= 11 is 3.57. The molecule has 1 aliphatic rings. The Morgan fingerprint density at radius 3 is 2.69 bits per heavy atom. The normalized spacial score (nSPS) is 22.5. The van der Waals surface area contributed by atoms with Gasteiger partial charge in [-0.05, 0) is 13.0 Å². The summed E-state index contributed by atoms with van der Waals surface area (Å²) < 4.78 is 5.49. The van der Waals surface area contributed by atoms with Crippen molar-refractivity contribution in [1.29, 1.82) is 0 Å². The predicted molar refractivity (Wildman–Crippen MR) is 73.4 cm³/mol. The van der Waals surface area contributed by atoms with E-state index in [-0.39, 0.29) is 0 Å². The summed E-state index contributed by atoms with van der Waals surface area (Å²) in [6, 6.07) is 0.601. The minimum Gasteiger partial charge on any atom is -0.378 e. The van der Waals surface area contributed by atoms with E-state index in [1.54, 1.807) is 0 Å². The molecule has 0 aromatic heterocycles. The number of unbranched alkanes of at least 4 members (excludes halogenated alkanes) is 5. The van der Waals surface area contributed by atoms with Gasteiger partial charge in [0.05, 0.1) is 13.2 Å². The van der Waals surface area contributed by atoms with Crippen LogP contribution in [-0.4, -0.2) is 42.6 Å². The number of ether oxygens (including phenoxy) is 1. The van der Waals surface area contributed by atoms with Crippen LogP contribution >= 0.6 is 15.9 Å². The Hall–Kier alpha value is 0.400. The molecule has 0 aliphatic carbocycles. The van der Waals surface area contributed by atoms with E-state index >= 15 is 0 Å². The summed E-state index contributed by atoms with van der Waals surface area (Å²) in [6.45, 7) is 6.46. The lowest BCUT2D eigenvalue weighted by molar-refractivity contribution is 0.00130. The molecule has 0 saturated carbocycles. The molecule has 1 unspecified atom stereocenters. The van der Waals surface area contributed by atoms with Crippen LogP contribution in [0.3, 0.4) is 0 Å². The summed E-state index contributed by atoms with van der Waals surface area (Å²) in [6.07, 6.45) is 8.33. The Labute approximate surface area is 109 Å². The molecule has 1 rings (SSSR count). The molecule has 1 heterocycles. The van der Waals surface area contributed by atoms with Crippen LogP contribution < -0.4 is 0 Å². The van der Waals surface area contributed by atoms with Gasteiger partial charge in [0, 0.05) is 17.9 Å². The highest BCUT2D eigenvalue weighted by Gasteiger charge is 2.20. The van der Waals surface area contributed by atoms with Crippen LogP contribution in [0.2, 0.25) is 0 Å². The molecule has 2 nitrogen and oxygen atoms in total. The van der Waals surface area contributed by atoms with Gasteiger partial charge in [-0.15, -0.1) is 0 Å². The van der Waals surface area contributed by atoms with Gasteiger partial charge in [-0.25, -0.2) is 0 Å². The second kappa shape index (κ2) is 9.43. The number of nitrogens with zero attached hydrogens (tertiary/aromatic N) is 1. The van der Waals surface area contributed by atoms with Crippen LogP contribution in [0, 0.1) is 0 Å². The SMILES string of the molecule is CCCCCCCCN1CCOCC1CBr. The third-order valence-corrected chi connectivity index (χ3v) is 4.07. The molecule has 16 heavy (non-hydrogen) atoms. The van der Waals surface area contributed by atoms with Gasteiger partial charge in [0.15, 0.2) is 0 Å². The maximum Gasteiger partial charge on any atom is 0.0630 e. The van der Waals surface area contributed by atoms with Crippen molar-refractivity contribution in [2.75, 3.05) is 31.6 Å². The maximum absolute atomic E-state index is 5.49.